The number of tetrazole rings is 1. The van der Waals surface area contributed by atoms with Gasteiger partial charge in [0.1, 0.15) is 5.54 Å². The van der Waals surface area contributed by atoms with Gasteiger partial charge in [-0.2, -0.15) is 0 Å². The molecular weight excluding hydrogens is 278 g/mol. The number of nitrogens with zero attached hydrogens (tertiary/aromatic N) is 4. The Morgan fingerprint density at radius 3 is 2.95 bits per heavy atom. The lowest BCUT2D eigenvalue weighted by molar-refractivity contribution is -0.148. The number of rotatable bonds is 5. The largest absolute Gasteiger partial charge is 0.468 e. The fraction of sp³-hybridized carbons (Fsp3) is 0.833. The molecule has 1 heterocycles. The van der Waals surface area contributed by atoms with Crippen LogP contribution in [0.1, 0.15) is 38.1 Å². The van der Waals surface area contributed by atoms with E-state index < -0.39 is 5.54 Å². The highest BCUT2D eigenvalue weighted by molar-refractivity contribution is 7.99. The minimum Gasteiger partial charge on any atom is -0.468 e. The van der Waals surface area contributed by atoms with Gasteiger partial charge in [0.25, 0.3) is 0 Å². The van der Waals surface area contributed by atoms with Crippen LogP contribution in [-0.4, -0.2) is 51.1 Å². The van der Waals surface area contributed by atoms with Gasteiger partial charge in [-0.05, 0) is 49.6 Å². The zero-order valence-electron chi connectivity index (χ0n) is 11.7. The van der Waals surface area contributed by atoms with E-state index in [1.807, 2.05) is 11.7 Å². The molecule has 0 amide bonds. The SMILES string of the molecule is CNC1(C(=O)OC)CCC(Sc2nnnn2C2CC2)C1. The molecule has 2 fully saturated rings. The molecule has 0 aromatic carbocycles. The van der Waals surface area contributed by atoms with E-state index in [1.165, 1.54) is 7.11 Å². The topological polar surface area (TPSA) is 81.9 Å². The Bertz CT molecular complexity index is 504. The van der Waals surface area contributed by atoms with Crippen LogP contribution in [0.3, 0.4) is 0 Å². The van der Waals surface area contributed by atoms with Crippen molar-refractivity contribution in [2.75, 3.05) is 14.2 Å². The summed E-state index contributed by atoms with van der Waals surface area (Å²) in [4.78, 5) is 12.0. The van der Waals surface area contributed by atoms with Gasteiger partial charge in [0.15, 0.2) is 0 Å². The monoisotopic (exact) mass is 297 g/mol. The maximum absolute atomic E-state index is 12.0. The maximum atomic E-state index is 12.0. The Morgan fingerprint density at radius 2 is 2.30 bits per heavy atom. The minimum absolute atomic E-state index is 0.176. The van der Waals surface area contributed by atoms with E-state index in [4.69, 9.17) is 4.74 Å². The van der Waals surface area contributed by atoms with Gasteiger partial charge in [-0.3, -0.25) is 4.79 Å². The van der Waals surface area contributed by atoms with Crippen LogP contribution in [-0.2, 0) is 9.53 Å². The van der Waals surface area contributed by atoms with Crippen LogP contribution in [0.15, 0.2) is 5.16 Å². The van der Waals surface area contributed by atoms with Crippen molar-refractivity contribution in [1.29, 1.82) is 0 Å². The third-order valence-electron chi connectivity index (χ3n) is 4.15. The number of thioether (sulfide) groups is 1. The summed E-state index contributed by atoms with van der Waals surface area (Å²) in [5.74, 6) is -0.176. The number of hydrogen-bond donors (Lipinski definition) is 1. The first-order valence-corrected chi connectivity index (χ1v) is 7.78. The molecule has 1 aromatic heterocycles. The van der Waals surface area contributed by atoms with Crippen LogP contribution < -0.4 is 5.32 Å². The lowest BCUT2D eigenvalue weighted by Gasteiger charge is -2.25. The number of hydrogen-bond acceptors (Lipinski definition) is 7. The molecule has 0 radical (unpaired) electrons. The number of carbonyl (C=O) groups excluding carboxylic acids is 1. The molecule has 7 nitrogen and oxygen atoms in total. The highest BCUT2D eigenvalue weighted by Crippen LogP contribution is 2.42. The summed E-state index contributed by atoms with van der Waals surface area (Å²) in [6.07, 6.45) is 4.81. The second kappa shape index (κ2) is 5.33. The predicted molar refractivity (Wildman–Crippen MR) is 73.4 cm³/mol. The molecule has 2 unspecified atom stereocenters. The Hall–Kier alpha value is -1.15. The molecule has 110 valence electrons. The Labute approximate surface area is 121 Å². The van der Waals surface area contributed by atoms with Gasteiger partial charge in [0, 0.05) is 5.25 Å². The van der Waals surface area contributed by atoms with Gasteiger partial charge in [-0.1, -0.05) is 11.8 Å². The summed E-state index contributed by atoms with van der Waals surface area (Å²) >= 11 is 1.68. The molecule has 0 bridgehead atoms. The maximum Gasteiger partial charge on any atom is 0.326 e. The van der Waals surface area contributed by atoms with E-state index in [1.54, 1.807) is 11.8 Å². The van der Waals surface area contributed by atoms with Crippen molar-refractivity contribution in [2.45, 2.75) is 54.1 Å². The van der Waals surface area contributed by atoms with E-state index in [9.17, 15) is 4.79 Å². The van der Waals surface area contributed by atoms with E-state index in [0.29, 0.717) is 11.3 Å². The first kappa shape index (κ1) is 13.8. The number of ether oxygens (including phenoxy) is 1. The third-order valence-corrected chi connectivity index (χ3v) is 5.37. The minimum atomic E-state index is -0.551. The smallest absolute Gasteiger partial charge is 0.326 e. The molecule has 0 aliphatic heterocycles. The van der Waals surface area contributed by atoms with Crippen LogP contribution in [0, 0.1) is 0 Å². The standard InChI is InChI=1S/C12H19N5O2S/c1-13-12(10(18)19-2)6-5-9(7-12)20-11-14-15-16-17(11)8-3-4-8/h8-9,13H,3-7H2,1-2H3. The van der Waals surface area contributed by atoms with Crippen molar-refractivity contribution >= 4 is 17.7 Å². The summed E-state index contributed by atoms with van der Waals surface area (Å²) in [7, 11) is 3.26. The highest BCUT2D eigenvalue weighted by atomic mass is 32.2. The van der Waals surface area contributed by atoms with Crippen molar-refractivity contribution in [2.24, 2.45) is 0 Å². The molecule has 2 aliphatic rings. The number of methoxy groups -OCH3 is 1. The molecule has 1 N–H and O–H groups in total. The summed E-state index contributed by atoms with van der Waals surface area (Å²) in [6, 6.07) is 0.476. The fourth-order valence-electron chi connectivity index (χ4n) is 2.77. The molecule has 2 aliphatic carbocycles. The zero-order chi connectivity index (χ0) is 14.2. The first-order chi connectivity index (χ1) is 9.68. The number of nitrogens with one attached hydrogen (secondary N) is 1. The summed E-state index contributed by atoms with van der Waals surface area (Å²) in [6.45, 7) is 0. The van der Waals surface area contributed by atoms with Crippen LogP contribution >= 0.6 is 11.8 Å². The zero-order valence-corrected chi connectivity index (χ0v) is 12.5. The van der Waals surface area contributed by atoms with Crippen molar-refractivity contribution in [1.82, 2.24) is 25.5 Å². The van der Waals surface area contributed by atoms with Crippen molar-refractivity contribution in [3.05, 3.63) is 0 Å². The number of esters is 1. The van der Waals surface area contributed by atoms with Gasteiger partial charge in [0.05, 0.1) is 13.2 Å². The molecule has 0 spiro atoms. The third kappa shape index (κ3) is 2.42. The Kier molecular flexibility index (Phi) is 3.68. The highest BCUT2D eigenvalue weighted by Gasteiger charge is 2.46. The van der Waals surface area contributed by atoms with Gasteiger partial charge >= 0.3 is 5.97 Å². The Balaban J connectivity index is 1.67. The second-order valence-electron chi connectivity index (χ2n) is 5.44. The van der Waals surface area contributed by atoms with Crippen LogP contribution in [0.4, 0.5) is 0 Å². The summed E-state index contributed by atoms with van der Waals surface area (Å²) in [5, 5.41) is 16.3. The van der Waals surface area contributed by atoms with E-state index in [-0.39, 0.29) is 5.97 Å². The molecular formula is C12H19N5O2S. The van der Waals surface area contributed by atoms with Crippen LogP contribution in [0.25, 0.3) is 0 Å². The molecule has 3 rings (SSSR count). The normalized spacial score (nSPS) is 29.6. The van der Waals surface area contributed by atoms with Crippen molar-refractivity contribution in [3.8, 4) is 0 Å². The van der Waals surface area contributed by atoms with Crippen LogP contribution in [0.5, 0.6) is 0 Å². The van der Waals surface area contributed by atoms with Gasteiger partial charge in [-0.15, -0.1) is 5.10 Å². The van der Waals surface area contributed by atoms with E-state index >= 15 is 0 Å². The van der Waals surface area contributed by atoms with E-state index in [0.717, 1.165) is 37.3 Å². The number of likely N-dealkylation sites (N-methyl/N-ethyl adjacent to an activating group) is 1. The number of carbonyl (C=O) groups is 1. The molecule has 20 heavy (non-hydrogen) atoms. The van der Waals surface area contributed by atoms with Gasteiger partial charge in [0.2, 0.25) is 5.16 Å². The first-order valence-electron chi connectivity index (χ1n) is 6.90. The van der Waals surface area contributed by atoms with Crippen molar-refractivity contribution < 1.29 is 9.53 Å². The Morgan fingerprint density at radius 1 is 1.50 bits per heavy atom. The molecule has 8 heteroatoms. The molecule has 1 aromatic rings. The quantitative estimate of drug-likeness (QED) is 0.804. The average molecular weight is 297 g/mol. The predicted octanol–water partition coefficient (Wildman–Crippen LogP) is 0.784. The van der Waals surface area contributed by atoms with Crippen molar-refractivity contribution in [3.63, 3.8) is 0 Å². The molecule has 2 saturated carbocycles. The van der Waals surface area contributed by atoms with Crippen LogP contribution in [0.2, 0.25) is 0 Å². The average Bonchev–Trinajstić information content (AvgIpc) is 3.07. The van der Waals surface area contributed by atoms with Gasteiger partial charge in [-0.25, -0.2) is 4.68 Å². The second-order valence-corrected chi connectivity index (χ2v) is 6.71. The summed E-state index contributed by atoms with van der Waals surface area (Å²) < 4.78 is 6.85. The lowest BCUT2D eigenvalue weighted by atomic mass is 9.98. The summed E-state index contributed by atoms with van der Waals surface area (Å²) in [5.41, 5.74) is -0.551. The molecule has 2 atom stereocenters. The number of aromatic nitrogens is 4. The fourth-order valence-corrected chi connectivity index (χ4v) is 4.05. The lowest BCUT2D eigenvalue weighted by Crippen LogP contribution is -2.49. The van der Waals surface area contributed by atoms with Gasteiger partial charge < -0.3 is 10.1 Å². The molecule has 0 saturated heterocycles. The van der Waals surface area contributed by atoms with E-state index in [2.05, 4.69) is 20.8 Å².